The number of hydrogen-bond donors (Lipinski definition) is 3. The first-order chi connectivity index (χ1) is 7.68. The fraction of sp³-hybridized carbons (Fsp3) is 0.300. The van der Waals surface area contributed by atoms with Gasteiger partial charge >= 0.3 is 0 Å². The van der Waals surface area contributed by atoms with Crippen LogP contribution >= 0.6 is 0 Å². The van der Waals surface area contributed by atoms with Crippen molar-refractivity contribution in [1.82, 2.24) is 20.6 Å². The van der Waals surface area contributed by atoms with Gasteiger partial charge in [0, 0.05) is 0 Å². The normalized spacial score (nSPS) is 12.4. The second kappa shape index (κ2) is 4.18. The second-order valence-electron chi connectivity index (χ2n) is 3.68. The molecule has 0 aliphatic carbocycles. The van der Waals surface area contributed by atoms with Gasteiger partial charge in [0.15, 0.2) is 5.82 Å². The highest BCUT2D eigenvalue weighted by Gasteiger charge is 2.12. The van der Waals surface area contributed by atoms with Crippen molar-refractivity contribution in [3.8, 4) is 0 Å². The third kappa shape index (κ3) is 1.95. The Bertz CT molecular complexity index is 444. The quantitative estimate of drug-likeness (QED) is 0.674. The van der Waals surface area contributed by atoms with Crippen molar-refractivity contribution in [1.29, 1.82) is 0 Å². The third-order valence-electron chi connectivity index (χ3n) is 2.41. The van der Waals surface area contributed by atoms with Gasteiger partial charge in [-0.3, -0.25) is 0 Å². The molecule has 1 unspecified atom stereocenters. The van der Waals surface area contributed by atoms with Crippen LogP contribution in [0, 0.1) is 6.92 Å². The highest BCUT2D eigenvalue weighted by molar-refractivity contribution is 5.70. The fourth-order valence-electron chi connectivity index (χ4n) is 1.52. The van der Waals surface area contributed by atoms with Crippen LogP contribution in [0.1, 0.15) is 24.4 Å². The van der Waals surface area contributed by atoms with Gasteiger partial charge < -0.3 is 11.1 Å². The molecule has 0 saturated carbocycles. The van der Waals surface area contributed by atoms with Crippen LogP contribution in [-0.4, -0.2) is 20.6 Å². The van der Waals surface area contributed by atoms with Crippen molar-refractivity contribution in [2.24, 2.45) is 0 Å². The molecule has 1 atom stereocenters. The maximum absolute atomic E-state index is 5.90. The zero-order valence-corrected chi connectivity index (χ0v) is 9.23. The van der Waals surface area contributed by atoms with Crippen LogP contribution < -0.4 is 11.1 Å². The zero-order valence-electron chi connectivity index (χ0n) is 9.23. The zero-order chi connectivity index (χ0) is 11.5. The molecule has 1 aromatic carbocycles. The Balaban J connectivity index is 2.21. The molecule has 16 heavy (non-hydrogen) atoms. The molecule has 4 N–H and O–H groups in total. The van der Waals surface area contributed by atoms with E-state index in [0.717, 1.165) is 16.9 Å². The summed E-state index contributed by atoms with van der Waals surface area (Å²) in [5, 5.41) is 17.1. The molecule has 6 nitrogen and oxygen atoms in total. The number of benzene rings is 1. The summed E-state index contributed by atoms with van der Waals surface area (Å²) in [6.07, 6.45) is 0. The standard InChI is InChI=1S/C10H14N6/c1-6-4-3-5-8(11)9(6)12-7(2)10-13-15-16-14-10/h3-5,7,12H,11H2,1-2H3,(H,13,14,15,16). The van der Waals surface area contributed by atoms with Crippen LogP contribution in [0.15, 0.2) is 18.2 Å². The van der Waals surface area contributed by atoms with E-state index in [1.807, 2.05) is 32.0 Å². The summed E-state index contributed by atoms with van der Waals surface area (Å²) in [6.45, 7) is 3.96. The lowest BCUT2D eigenvalue weighted by molar-refractivity contribution is 0.793. The third-order valence-corrected chi connectivity index (χ3v) is 2.41. The SMILES string of the molecule is Cc1cccc(N)c1NC(C)c1nn[nH]n1. The van der Waals surface area contributed by atoms with Crippen molar-refractivity contribution in [3.05, 3.63) is 29.6 Å². The van der Waals surface area contributed by atoms with Gasteiger partial charge in [-0.15, -0.1) is 10.2 Å². The van der Waals surface area contributed by atoms with E-state index in [4.69, 9.17) is 5.73 Å². The largest absolute Gasteiger partial charge is 0.397 e. The van der Waals surface area contributed by atoms with E-state index < -0.39 is 0 Å². The molecule has 0 fully saturated rings. The Labute approximate surface area is 93.2 Å². The summed E-state index contributed by atoms with van der Waals surface area (Å²) in [5.74, 6) is 0.614. The van der Waals surface area contributed by atoms with Gasteiger partial charge in [0.2, 0.25) is 0 Å². The molecule has 0 saturated heterocycles. The number of nitrogens with one attached hydrogen (secondary N) is 2. The van der Waals surface area contributed by atoms with Crippen molar-refractivity contribution < 1.29 is 0 Å². The summed E-state index contributed by atoms with van der Waals surface area (Å²) in [5.41, 5.74) is 8.62. The average molecular weight is 218 g/mol. The van der Waals surface area contributed by atoms with Gasteiger partial charge in [0.25, 0.3) is 0 Å². The Morgan fingerprint density at radius 2 is 2.25 bits per heavy atom. The molecule has 0 amide bonds. The molecule has 0 bridgehead atoms. The predicted molar refractivity (Wildman–Crippen MR) is 61.8 cm³/mol. The van der Waals surface area contributed by atoms with Crippen molar-refractivity contribution in [2.45, 2.75) is 19.9 Å². The number of aryl methyl sites for hydroxylation is 1. The van der Waals surface area contributed by atoms with Gasteiger partial charge in [-0.1, -0.05) is 17.3 Å². The number of hydrogen-bond acceptors (Lipinski definition) is 5. The van der Waals surface area contributed by atoms with Crippen LogP contribution in [0.25, 0.3) is 0 Å². The first-order valence-corrected chi connectivity index (χ1v) is 5.03. The van der Waals surface area contributed by atoms with Crippen LogP contribution in [-0.2, 0) is 0 Å². The minimum absolute atomic E-state index is 0.0397. The smallest absolute Gasteiger partial charge is 0.196 e. The number of nitrogens with two attached hydrogens (primary N) is 1. The van der Waals surface area contributed by atoms with Crippen LogP contribution in [0.5, 0.6) is 0 Å². The number of aromatic amines is 1. The number of nitrogen functional groups attached to an aromatic ring is 1. The number of nitrogens with zero attached hydrogens (tertiary/aromatic N) is 3. The molecule has 0 radical (unpaired) electrons. The minimum Gasteiger partial charge on any atom is -0.397 e. The van der Waals surface area contributed by atoms with E-state index >= 15 is 0 Å². The maximum Gasteiger partial charge on any atom is 0.196 e. The summed E-state index contributed by atoms with van der Waals surface area (Å²) < 4.78 is 0. The molecule has 0 aliphatic heterocycles. The molecular formula is C10H14N6. The Morgan fingerprint density at radius 1 is 1.44 bits per heavy atom. The Hall–Kier alpha value is -2.11. The molecule has 6 heteroatoms. The van der Waals surface area contributed by atoms with Crippen molar-refractivity contribution >= 4 is 11.4 Å². The Morgan fingerprint density at radius 3 is 2.88 bits per heavy atom. The van der Waals surface area contributed by atoms with Crippen LogP contribution in [0.3, 0.4) is 0 Å². The topological polar surface area (TPSA) is 92.5 Å². The van der Waals surface area contributed by atoms with E-state index in [1.165, 1.54) is 0 Å². The van der Waals surface area contributed by atoms with E-state index in [0.29, 0.717) is 5.82 Å². The molecule has 0 spiro atoms. The van der Waals surface area contributed by atoms with Gasteiger partial charge in [-0.05, 0) is 25.5 Å². The first-order valence-electron chi connectivity index (χ1n) is 5.03. The summed E-state index contributed by atoms with van der Waals surface area (Å²) in [6, 6.07) is 5.75. The predicted octanol–water partition coefficient (Wildman–Crippen LogP) is 1.26. The van der Waals surface area contributed by atoms with Gasteiger partial charge in [0.1, 0.15) is 0 Å². The monoisotopic (exact) mass is 218 g/mol. The van der Waals surface area contributed by atoms with Crippen molar-refractivity contribution in [2.75, 3.05) is 11.1 Å². The van der Waals surface area contributed by atoms with E-state index in [-0.39, 0.29) is 6.04 Å². The lowest BCUT2D eigenvalue weighted by Gasteiger charge is -2.15. The average Bonchev–Trinajstić information content (AvgIpc) is 2.76. The summed E-state index contributed by atoms with van der Waals surface area (Å²) >= 11 is 0. The second-order valence-corrected chi connectivity index (χ2v) is 3.68. The molecule has 1 heterocycles. The van der Waals surface area contributed by atoms with Gasteiger partial charge in [0.05, 0.1) is 17.4 Å². The number of aromatic nitrogens is 4. The minimum atomic E-state index is -0.0397. The van der Waals surface area contributed by atoms with E-state index in [1.54, 1.807) is 0 Å². The Kier molecular flexibility index (Phi) is 2.72. The number of H-pyrrole nitrogens is 1. The van der Waals surface area contributed by atoms with Crippen LogP contribution in [0.4, 0.5) is 11.4 Å². The van der Waals surface area contributed by atoms with Crippen LogP contribution in [0.2, 0.25) is 0 Å². The molecule has 84 valence electrons. The number of anilines is 2. The molecule has 0 aliphatic rings. The van der Waals surface area contributed by atoms with Gasteiger partial charge in [-0.25, -0.2) is 0 Å². The van der Waals surface area contributed by atoms with Gasteiger partial charge in [-0.2, -0.15) is 5.21 Å². The lowest BCUT2D eigenvalue weighted by Crippen LogP contribution is -2.11. The summed E-state index contributed by atoms with van der Waals surface area (Å²) in [7, 11) is 0. The molecular weight excluding hydrogens is 204 g/mol. The maximum atomic E-state index is 5.90. The first kappa shape index (κ1) is 10.4. The van der Waals surface area contributed by atoms with E-state index in [9.17, 15) is 0 Å². The van der Waals surface area contributed by atoms with Crippen molar-refractivity contribution in [3.63, 3.8) is 0 Å². The van der Waals surface area contributed by atoms with E-state index in [2.05, 4.69) is 25.9 Å². The highest BCUT2D eigenvalue weighted by atomic mass is 15.5. The molecule has 2 aromatic rings. The molecule has 2 rings (SSSR count). The molecule has 1 aromatic heterocycles. The summed E-state index contributed by atoms with van der Waals surface area (Å²) in [4.78, 5) is 0. The highest BCUT2D eigenvalue weighted by Crippen LogP contribution is 2.25. The number of para-hydroxylation sites is 1. The lowest BCUT2D eigenvalue weighted by atomic mass is 10.1. The number of rotatable bonds is 3. The fourth-order valence-corrected chi connectivity index (χ4v) is 1.52. The number of tetrazole rings is 1.